The van der Waals surface area contributed by atoms with Crippen molar-refractivity contribution in [3.8, 4) is 0 Å². The standard InChI is InChI=1S/C13H18ClN3O/c1-3-6-17-13(18)12(14)11(8-15-17)16-10-5-4-9(2)7-10/h3,8-10,16H,1,4-7H2,2H3. The van der Waals surface area contributed by atoms with E-state index in [0.29, 0.717) is 18.3 Å². The normalized spacial score (nSPS) is 23.0. The van der Waals surface area contributed by atoms with Crippen LogP contribution in [0.1, 0.15) is 26.2 Å². The van der Waals surface area contributed by atoms with E-state index in [4.69, 9.17) is 11.6 Å². The lowest BCUT2D eigenvalue weighted by Gasteiger charge is -2.15. The molecule has 0 aromatic carbocycles. The van der Waals surface area contributed by atoms with Crippen LogP contribution in [0.25, 0.3) is 0 Å². The Bertz CT molecular complexity index is 497. The lowest BCUT2D eigenvalue weighted by molar-refractivity contribution is 0.602. The first-order valence-electron chi connectivity index (χ1n) is 6.25. The van der Waals surface area contributed by atoms with E-state index in [1.54, 1.807) is 12.3 Å². The molecule has 18 heavy (non-hydrogen) atoms. The van der Waals surface area contributed by atoms with Crippen LogP contribution in [-0.2, 0) is 6.54 Å². The van der Waals surface area contributed by atoms with Crippen molar-refractivity contribution < 1.29 is 0 Å². The van der Waals surface area contributed by atoms with Crippen LogP contribution in [0.4, 0.5) is 5.69 Å². The Balaban J connectivity index is 2.17. The molecule has 1 aromatic rings. The molecular formula is C13H18ClN3O. The van der Waals surface area contributed by atoms with Crippen LogP contribution in [0.5, 0.6) is 0 Å². The highest BCUT2D eigenvalue weighted by atomic mass is 35.5. The van der Waals surface area contributed by atoms with Gasteiger partial charge in [0.1, 0.15) is 5.02 Å². The van der Waals surface area contributed by atoms with E-state index in [1.807, 2.05) is 0 Å². The van der Waals surface area contributed by atoms with Crippen molar-refractivity contribution in [2.45, 2.75) is 38.8 Å². The van der Waals surface area contributed by atoms with Gasteiger partial charge in [-0.2, -0.15) is 5.10 Å². The number of allylic oxidation sites excluding steroid dienone is 1. The molecule has 2 rings (SSSR count). The summed E-state index contributed by atoms with van der Waals surface area (Å²) in [6.07, 6.45) is 6.70. The highest BCUT2D eigenvalue weighted by molar-refractivity contribution is 6.32. The molecule has 1 aromatic heterocycles. The Morgan fingerprint density at radius 1 is 1.67 bits per heavy atom. The van der Waals surface area contributed by atoms with E-state index in [2.05, 4.69) is 23.9 Å². The first-order chi connectivity index (χ1) is 8.61. The summed E-state index contributed by atoms with van der Waals surface area (Å²) in [6, 6.07) is 0.397. The molecule has 0 bridgehead atoms. The monoisotopic (exact) mass is 267 g/mol. The van der Waals surface area contributed by atoms with Gasteiger partial charge in [-0.05, 0) is 25.2 Å². The van der Waals surface area contributed by atoms with Crippen LogP contribution in [0.2, 0.25) is 5.02 Å². The molecular weight excluding hydrogens is 250 g/mol. The van der Waals surface area contributed by atoms with Gasteiger partial charge < -0.3 is 5.32 Å². The van der Waals surface area contributed by atoms with E-state index in [1.165, 1.54) is 11.1 Å². The molecule has 1 aliphatic rings. The van der Waals surface area contributed by atoms with Gasteiger partial charge in [0.15, 0.2) is 0 Å². The Hall–Kier alpha value is -1.29. The summed E-state index contributed by atoms with van der Waals surface area (Å²) < 4.78 is 1.30. The fraction of sp³-hybridized carbons (Fsp3) is 0.538. The fourth-order valence-electron chi connectivity index (χ4n) is 2.38. The summed E-state index contributed by atoms with van der Waals surface area (Å²) in [5.74, 6) is 0.732. The van der Waals surface area contributed by atoms with Gasteiger partial charge in [0.25, 0.3) is 5.56 Å². The summed E-state index contributed by atoms with van der Waals surface area (Å²) in [5.41, 5.74) is 0.369. The van der Waals surface area contributed by atoms with Crippen molar-refractivity contribution in [1.82, 2.24) is 9.78 Å². The van der Waals surface area contributed by atoms with Crippen molar-refractivity contribution >= 4 is 17.3 Å². The molecule has 1 fully saturated rings. The highest BCUT2D eigenvalue weighted by Crippen LogP contribution is 2.28. The molecule has 1 aliphatic carbocycles. The van der Waals surface area contributed by atoms with E-state index < -0.39 is 0 Å². The first-order valence-corrected chi connectivity index (χ1v) is 6.62. The van der Waals surface area contributed by atoms with Crippen LogP contribution in [0.15, 0.2) is 23.6 Å². The van der Waals surface area contributed by atoms with Gasteiger partial charge in [0.05, 0.1) is 18.4 Å². The van der Waals surface area contributed by atoms with E-state index in [9.17, 15) is 4.79 Å². The lowest BCUT2D eigenvalue weighted by atomic mass is 10.1. The summed E-state index contributed by atoms with van der Waals surface area (Å²) >= 11 is 6.08. The third-order valence-electron chi connectivity index (χ3n) is 3.34. The zero-order valence-corrected chi connectivity index (χ0v) is 11.3. The number of halogens is 1. The number of hydrogen-bond acceptors (Lipinski definition) is 3. The third-order valence-corrected chi connectivity index (χ3v) is 3.71. The Morgan fingerprint density at radius 3 is 3.06 bits per heavy atom. The van der Waals surface area contributed by atoms with Gasteiger partial charge in [-0.15, -0.1) is 6.58 Å². The van der Waals surface area contributed by atoms with Gasteiger partial charge in [-0.25, -0.2) is 4.68 Å². The number of aromatic nitrogens is 2. The number of rotatable bonds is 4. The molecule has 4 nitrogen and oxygen atoms in total. The molecule has 0 aliphatic heterocycles. The predicted octanol–water partition coefficient (Wildman–Crippen LogP) is 2.68. The summed E-state index contributed by atoms with van der Waals surface area (Å²) in [5, 5.41) is 7.61. The minimum Gasteiger partial charge on any atom is -0.380 e. The number of hydrogen-bond donors (Lipinski definition) is 1. The summed E-state index contributed by atoms with van der Waals surface area (Å²) in [7, 11) is 0. The van der Waals surface area contributed by atoms with Gasteiger partial charge in [0.2, 0.25) is 0 Å². The van der Waals surface area contributed by atoms with Crippen molar-refractivity contribution in [1.29, 1.82) is 0 Å². The second-order valence-corrected chi connectivity index (χ2v) is 5.29. The molecule has 2 atom stereocenters. The van der Waals surface area contributed by atoms with Crippen LogP contribution in [0, 0.1) is 5.92 Å². The maximum absolute atomic E-state index is 11.9. The lowest BCUT2D eigenvalue weighted by Crippen LogP contribution is -2.25. The van der Waals surface area contributed by atoms with Gasteiger partial charge in [-0.1, -0.05) is 24.6 Å². The molecule has 1 saturated carbocycles. The Labute approximate surface area is 112 Å². The molecule has 0 saturated heterocycles. The minimum atomic E-state index is -0.271. The minimum absolute atomic E-state index is 0.214. The average Bonchev–Trinajstić information content (AvgIpc) is 2.75. The SMILES string of the molecule is C=CCn1ncc(NC2CCC(C)C2)c(Cl)c1=O. The fourth-order valence-corrected chi connectivity index (χ4v) is 2.58. The molecule has 0 amide bonds. The van der Waals surface area contributed by atoms with Gasteiger partial charge in [0, 0.05) is 6.04 Å². The van der Waals surface area contributed by atoms with E-state index in [-0.39, 0.29) is 10.6 Å². The molecule has 0 radical (unpaired) electrons. The first kappa shape index (κ1) is 13.1. The van der Waals surface area contributed by atoms with Crippen molar-refractivity contribution in [2.24, 2.45) is 5.92 Å². The molecule has 2 unspecified atom stereocenters. The zero-order valence-electron chi connectivity index (χ0n) is 10.5. The Morgan fingerprint density at radius 2 is 2.44 bits per heavy atom. The van der Waals surface area contributed by atoms with E-state index >= 15 is 0 Å². The highest BCUT2D eigenvalue weighted by Gasteiger charge is 2.22. The largest absolute Gasteiger partial charge is 0.380 e. The predicted molar refractivity (Wildman–Crippen MR) is 74.1 cm³/mol. The smallest absolute Gasteiger partial charge is 0.287 e. The second-order valence-electron chi connectivity index (χ2n) is 4.91. The average molecular weight is 268 g/mol. The summed E-state index contributed by atoms with van der Waals surface area (Å²) in [6.45, 7) is 6.20. The van der Waals surface area contributed by atoms with Crippen molar-refractivity contribution in [2.75, 3.05) is 5.32 Å². The molecule has 1 N–H and O–H groups in total. The maximum atomic E-state index is 11.9. The molecule has 1 heterocycles. The third kappa shape index (κ3) is 2.75. The van der Waals surface area contributed by atoms with Gasteiger partial charge in [-0.3, -0.25) is 4.79 Å². The number of anilines is 1. The molecule has 5 heteroatoms. The maximum Gasteiger partial charge on any atom is 0.287 e. The molecule has 0 spiro atoms. The van der Waals surface area contributed by atoms with Crippen LogP contribution in [-0.4, -0.2) is 15.8 Å². The zero-order chi connectivity index (χ0) is 13.1. The topological polar surface area (TPSA) is 46.9 Å². The van der Waals surface area contributed by atoms with Gasteiger partial charge >= 0.3 is 0 Å². The summed E-state index contributed by atoms with van der Waals surface area (Å²) in [4.78, 5) is 11.9. The van der Waals surface area contributed by atoms with Crippen LogP contribution >= 0.6 is 11.6 Å². The van der Waals surface area contributed by atoms with Crippen LogP contribution in [0.3, 0.4) is 0 Å². The second kappa shape index (κ2) is 5.57. The number of nitrogens with one attached hydrogen (secondary N) is 1. The number of nitrogens with zero attached hydrogens (tertiary/aromatic N) is 2. The van der Waals surface area contributed by atoms with Crippen molar-refractivity contribution in [3.63, 3.8) is 0 Å². The van der Waals surface area contributed by atoms with E-state index in [0.717, 1.165) is 18.8 Å². The molecule has 98 valence electrons. The van der Waals surface area contributed by atoms with Crippen LogP contribution < -0.4 is 10.9 Å². The van der Waals surface area contributed by atoms with Crippen molar-refractivity contribution in [3.05, 3.63) is 34.2 Å². The quantitative estimate of drug-likeness (QED) is 0.854. The Kier molecular flexibility index (Phi) is 4.07.